The van der Waals surface area contributed by atoms with Gasteiger partial charge in [-0.3, -0.25) is 9.59 Å². The fraction of sp³-hybridized carbons (Fsp3) is 0.469. The number of terminal acetylenes is 1. The lowest BCUT2D eigenvalue weighted by molar-refractivity contribution is -0.143. The van der Waals surface area contributed by atoms with Gasteiger partial charge in [0.1, 0.15) is 23.4 Å². The highest BCUT2D eigenvalue weighted by atomic mass is 32.1. The predicted molar refractivity (Wildman–Crippen MR) is 166 cm³/mol. The highest BCUT2D eigenvalue weighted by Crippen LogP contribution is 2.29. The van der Waals surface area contributed by atoms with Gasteiger partial charge < -0.3 is 25.0 Å². The summed E-state index contributed by atoms with van der Waals surface area (Å²) in [6.45, 7) is 11.3. The summed E-state index contributed by atoms with van der Waals surface area (Å²) in [5.74, 6) is 2.76. The lowest BCUT2D eigenvalue weighted by Gasteiger charge is -2.38. The maximum absolute atomic E-state index is 14.2. The van der Waals surface area contributed by atoms with Crippen LogP contribution in [0, 0.1) is 18.3 Å². The van der Waals surface area contributed by atoms with Crippen LogP contribution in [0.25, 0.3) is 0 Å². The van der Waals surface area contributed by atoms with Gasteiger partial charge in [0.2, 0.25) is 5.91 Å². The third-order valence-corrected chi connectivity index (χ3v) is 6.71. The lowest BCUT2D eigenvalue weighted by Crippen LogP contribution is -2.55. The molecule has 0 saturated carbocycles. The third kappa shape index (κ3) is 10.4. The van der Waals surface area contributed by atoms with E-state index >= 15 is 0 Å². The zero-order valence-corrected chi connectivity index (χ0v) is 26.0. The number of thiol groups is 1. The van der Waals surface area contributed by atoms with Gasteiger partial charge in [-0.1, -0.05) is 31.9 Å². The number of hydrogen-bond acceptors (Lipinski definition) is 6. The van der Waals surface area contributed by atoms with Crippen LogP contribution in [0.15, 0.2) is 48.5 Å². The first-order valence-corrected chi connectivity index (χ1v) is 14.4. The summed E-state index contributed by atoms with van der Waals surface area (Å²) in [5.41, 5.74) is 1.02. The molecule has 222 valence electrons. The van der Waals surface area contributed by atoms with Crippen molar-refractivity contribution in [1.82, 2.24) is 10.2 Å². The second-order valence-corrected chi connectivity index (χ2v) is 11.7. The number of carbonyl (C=O) groups excluding carboxylic acids is 3. The quantitative estimate of drug-likeness (QED) is 0.216. The summed E-state index contributed by atoms with van der Waals surface area (Å²) in [6, 6.07) is 11.5. The Morgan fingerprint density at radius 1 is 1.00 bits per heavy atom. The molecule has 0 heterocycles. The van der Waals surface area contributed by atoms with E-state index in [4.69, 9.17) is 15.9 Å². The van der Waals surface area contributed by atoms with Crippen molar-refractivity contribution in [1.29, 1.82) is 0 Å². The molecule has 2 N–H and O–H groups in total. The molecule has 2 rings (SSSR count). The van der Waals surface area contributed by atoms with Crippen LogP contribution in [0.1, 0.15) is 71.6 Å². The van der Waals surface area contributed by atoms with E-state index in [9.17, 15) is 14.4 Å². The summed E-state index contributed by atoms with van der Waals surface area (Å²) < 4.78 is 10.6. The number of rotatable bonds is 12. The predicted octanol–water partition coefficient (Wildman–Crippen LogP) is 5.83. The number of amides is 3. The second kappa shape index (κ2) is 15.4. The Labute approximate surface area is 250 Å². The Hall–Kier alpha value is -3.64. The molecule has 0 fully saturated rings. The van der Waals surface area contributed by atoms with Gasteiger partial charge in [0.05, 0.1) is 7.11 Å². The topological polar surface area (TPSA) is 97.0 Å². The summed E-state index contributed by atoms with van der Waals surface area (Å²) in [6.07, 6.45) is 6.31. The molecule has 0 aromatic heterocycles. The molecule has 0 bridgehead atoms. The summed E-state index contributed by atoms with van der Waals surface area (Å²) in [5, 5.41) is 5.59. The lowest BCUT2D eigenvalue weighted by atomic mass is 9.96. The maximum atomic E-state index is 14.2. The average Bonchev–Trinajstić information content (AvgIpc) is 2.92. The molecule has 0 spiro atoms. The zero-order valence-electron chi connectivity index (χ0n) is 25.1. The summed E-state index contributed by atoms with van der Waals surface area (Å²) >= 11 is 4.37. The van der Waals surface area contributed by atoms with Gasteiger partial charge >= 0.3 is 6.09 Å². The molecule has 0 radical (unpaired) electrons. The van der Waals surface area contributed by atoms with Crippen molar-refractivity contribution >= 4 is 36.2 Å². The number of alkyl carbamates (subject to hydrolysis) is 1. The van der Waals surface area contributed by atoms with Gasteiger partial charge in [0.15, 0.2) is 0 Å². The molecule has 0 aliphatic heterocycles. The van der Waals surface area contributed by atoms with Crippen LogP contribution >= 0.6 is 12.6 Å². The van der Waals surface area contributed by atoms with Gasteiger partial charge in [0, 0.05) is 23.0 Å². The molecule has 3 amide bonds. The van der Waals surface area contributed by atoms with Crippen LogP contribution in [0.4, 0.5) is 10.5 Å². The molecule has 3 atom stereocenters. The number of anilines is 1. The van der Waals surface area contributed by atoms with Crippen LogP contribution in [0.2, 0.25) is 0 Å². The first-order chi connectivity index (χ1) is 19.3. The van der Waals surface area contributed by atoms with Crippen molar-refractivity contribution in [2.24, 2.45) is 5.92 Å². The Bertz CT molecular complexity index is 1200. The highest BCUT2D eigenvalue weighted by molar-refractivity contribution is 7.80. The van der Waals surface area contributed by atoms with E-state index in [2.05, 4.69) is 43.0 Å². The van der Waals surface area contributed by atoms with E-state index in [0.29, 0.717) is 34.9 Å². The molecule has 41 heavy (non-hydrogen) atoms. The van der Waals surface area contributed by atoms with E-state index in [1.807, 2.05) is 6.92 Å². The number of methoxy groups -OCH3 is 1. The largest absolute Gasteiger partial charge is 0.497 e. The van der Waals surface area contributed by atoms with Crippen molar-refractivity contribution in [2.75, 3.05) is 18.2 Å². The smallest absolute Gasteiger partial charge is 0.408 e. The number of benzene rings is 2. The minimum atomic E-state index is -1.03. The van der Waals surface area contributed by atoms with E-state index in [1.165, 1.54) is 0 Å². The Morgan fingerprint density at radius 3 is 2.10 bits per heavy atom. The van der Waals surface area contributed by atoms with Crippen molar-refractivity contribution in [3.63, 3.8) is 0 Å². The van der Waals surface area contributed by atoms with Gasteiger partial charge in [-0.05, 0) is 88.4 Å². The second-order valence-electron chi connectivity index (χ2n) is 11.3. The van der Waals surface area contributed by atoms with E-state index in [-0.39, 0.29) is 11.8 Å². The van der Waals surface area contributed by atoms with Crippen molar-refractivity contribution < 1.29 is 23.9 Å². The number of carbonyl (C=O) groups is 3. The molecule has 8 nitrogen and oxygen atoms in total. The average molecular weight is 582 g/mol. The van der Waals surface area contributed by atoms with Gasteiger partial charge in [-0.15, -0.1) is 6.42 Å². The normalized spacial score (nSPS) is 13.4. The fourth-order valence-electron chi connectivity index (χ4n) is 4.21. The fourth-order valence-corrected chi connectivity index (χ4v) is 4.46. The minimum Gasteiger partial charge on any atom is -0.497 e. The number of ether oxygens (including phenoxy) is 2. The molecule has 3 unspecified atom stereocenters. The first-order valence-electron chi connectivity index (χ1n) is 13.7. The van der Waals surface area contributed by atoms with Crippen LogP contribution in [-0.2, 0) is 14.3 Å². The SMILES string of the molecule is C#Cc1ccc(C(C(=O)Nc2ccc(OC)cc2)N(C(=O)C(CS)NC(=O)OC(C)(C)C)C(C)CCC(C)C)cc1. The molecule has 0 aliphatic carbocycles. The Morgan fingerprint density at radius 2 is 1.61 bits per heavy atom. The standard InChI is InChI=1S/C32H43N3O5S/c1-9-23-12-14-24(15-13-23)28(29(36)33-25-16-18-26(39-8)19-17-25)35(22(4)11-10-21(2)3)30(37)27(20-41)34-31(38)40-32(5,6)7/h1,12-19,21-22,27-28,41H,10-11,20H2,2-8H3,(H,33,36)(H,34,38). The summed E-state index contributed by atoms with van der Waals surface area (Å²) in [7, 11) is 1.56. The van der Waals surface area contributed by atoms with Crippen LogP contribution in [-0.4, -0.2) is 53.4 Å². The Balaban J connectivity index is 2.57. The molecule has 0 saturated heterocycles. The molecule has 9 heteroatoms. The molecular weight excluding hydrogens is 538 g/mol. The third-order valence-electron chi connectivity index (χ3n) is 6.34. The Kier molecular flexibility index (Phi) is 12.6. The number of nitrogens with one attached hydrogen (secondary N) is 2. The van der Waals surface area contributed by atoms with E-state index in [0.717, 1.165) is 6.42 Å². The highest BCUT2D eigenvalue weighted by Gasteiger charge is 2.38. The first kappa shape index (κ1) is 33.6. The maximum Gasteiger partial charge on any atom is 0.408 e. The number of nitrogens with zero attached hydrogens (tertiary/aromatic N) is 1. The number of hydrogen-bond donors (Lipinski definition) is 3. The van der Waals surface area contributed by atoms with Gasteiger partial charge in [0.25, 0.3) is 5.91 Å². The zero-order chi connectivity index (χ0) is 30.7. The molecule has 2 aromatic carbocycles. The van der Waals surface area contributed by atoms with E-state index < -0.39 is 35.6 Å². The van der Waals surface area contributed by atoms with Crippen molar-refractivity contribution in [3.05, 3.63) is 59.7 Å². The minimum absolute atomic E-state index is 0.00826. The molecular formula is C32H43N3O5S. The van der Waals surface area contributed by atoms with Crippen LogP contribution in [0.5, 0.6) is 5.75 Å². The van der Waals surface area contributed by atoms with Gasteiger partial charge in [-0.2, -0.15) is 12.6 Å². The van der Waals surface area contributed by atoms with E-state index in [1.54, 1.807) is 81.3 Å². The van der Waals surface area contributed by atoms with Crippen molar-refractivity contribution in [2.45, 2.75) is 78.1 Å². The van der Waals surface area contributed by atoms with Crippen molar-refractivity contribution in [3.8, 4) is 18.1 Å². The summed E-state index contributed by atoms with van der Waals surface area (Å²) in [4.78, 5) is 42.4. The van der Waals surface area contributed by atoms with Gasteiger partial charge in [-0.25, -0.2) is 4.79 Å². The molecule has 2 aromatic rings. The monoisotopic (exact) mass is 581 g/mol. The van der Waals surface area contributed by atoms with Crippen LogP contribution in [0.3, 0.4) is 0 Å². The van der Waals surface area contributed by atoms with Crippen LogP contribution < -0.4 is 15.4 Å². The molecule has 0 aliphatic rings.